The van der Waals surface area contributed by atoms with Crippen LogP contribution in [0.4, 0.5) is 11.4 Å². The minimum absolute atomic E-state index is 0.0867. The second kappa shape index (κ2) is 10.1. The summed E-state index contributed by atoms with van der Waals surface area (Å²) in [7, 11) is 0. The lowest BCUT2D eigenvalue weighted by molar-refractivity contribution is -0.157. The minimum atomic E-state index is -0.945. The van der Waals surface area contributed by atoms with Crippen molar-refractivity contribution in [3.8, 4) is 0 Å². The molecule has 2 aromatic carbocycles. The molecule has 0 spiro atoms. The van der Waals surface area contributed by atoms with Crippen LogP contribution in [-0.4, -0.2) is 30.4 Å². The number of anilines is 2. The lowest BCUT2D eigenvalue weighted by Gasteiger charge is -2.18. The molecule has 2 aromatic rings. The molecular weight excluding hydrogens is 380 g/mol. The van der Waals surface area contributed by atoms with Gasteiger partial charge in [0.25, 0.3) is 5.91 Å². The highest BCUT2D eigenvalue weighted by atomic mass is 16.5. The zero-order chi connectivity index (χ0) is 21.5. The van der Waals surface area contributed by atoms with E-state index >= 15 is 0 Å². The highest BCUT2D eigenvalue weighted by Gasteiger charge is 2.37. The van der Waals surface area contributed by atoms with Gasteiger partial charge in [-0.1, -0.05) is 43.7 Å². The fourth-order valence-corrected chi connectivity index (χ4v) is 3.43. The maximum absolute atomic E-state index is 12.5. The van der Waals surface area contributed by atoms with Gasteiger partial charge in [-0.05, 0) is 49.6 Å². The number of hydrogen-bond acceptors (Lipinski definition) is 4. The standard InChI is InChI=1S/C24H28N2O4/c1-3-4-8-18-11-13-21(14-12-18)26-16-19(15-22(26)27)24(29)30-17(2)23(28)25-20-9-6-5-7-10-20/h5-7,9-14,17,19H,3-4,8,15-16H2,1-2H3,(H,25,28)/t17-,19-/m0/s1. The van der Waals surface area contributed by atoms with Crippen molar-refractivity contribution in [3.63, 3.8) is 0 Å². The first-order valence-corrected chi connectivity index (χ1v) is 10.4. The molecule has 0 aromatic heterocycles. The Morgan fingerprint density at radius 1 is 1.13 bits per heavy atom. The second-order valence-corrected chi connectivity index (χ2v) is 7.61. The van der Waals surface area contributed by atoms with E-state index in [1.54, 1.807) is 29.2 Å². The van der Waals surface area contributed by atoms with E-state index < -0.39 is 23.9 Å². The van der Waals surface area contributed by atoms with E-state index in [2.05, 4.69) is 12.2 Å². The number of nitrogens with one attached hydrogen (secondary N) is 1. The predicted molar refractivity (Wildman–Crippen MR) is 116 cm³/mol. The first kappa shape index (κ1) is 21.6. The van der Waals surface area contributed by atoms with Gasteiger partial charge in [0.1, 0.15) is 0 Å². The first-order chi connectivity index (χ1) is 14.5. The number of unbranched alkanes of at least 4 members (excludes halogenated alkanes) is 1. The zero-order valence-corrected chi connectivity index (χ0v) is 17.5. The molecule has 0 unspecified atom stereocenters. The summed E-state index contributed by atoms with van der Waals surface area (Å²) < 4.78 is 5.33. The summed E-state index contributed by atoms with van der Waals surface area (Å²) in [4.78, 5) is 38.8. The highest BCUT2D eigenvalue weighted by Crippen LogP contribution is 2.27. The second-order valence-electron chi connectivity index (χ2n) is 7.61. The number of carbonyl (C=O) groups excluding carboxylic acids is 3. The Labute approximate surface area is 177 Å². The SMILES string of the molecule is CCCCc1ccc(N2C[C@@H](C(=O)O[C@@H](C)C(=O)Nc3ccccc3)CC2=O)cc1. The summed E-state index contributed by atoms with van der Waals surface area (Å²) in [5, 5.41) is 2.71. The fraction of sp³-hybridized carbons (Fsp3) is 0.375. The number of rotatable bonds is 8. The average Bonchev–Trinajstić information content (AvgIpc) is 3.15. The van der Waals surface area contributed by atoms with Crippen LogP contribution in [0.5, 0.6) is 0 Å². The number of ether oxygens (including phenoxy) is 1. The molecule has 2 amide bonds. The Bertz CT molecular complexity index is 880. The van der Waals surface area contributed by atoms with Crippen molar-refractivity contribution in [2.24, 2.45) is 5.92 Å². The van der Waals surface area contributed by atoms with Crippen LogP contribution in [0.2, 0.25) is 0 Å². The van der Waals surface area contributed by atoms with Crippen molar-refractivity contribution in [2.75, 3.05) is 16.8 Å². The van der Waals surface area contributed by atoms with Gasteiger partial charge in [0, 0.05) is 24.3 Å². The zero-order valence-electron chi connectivity index (χ0n) is 17.5. The largest absolute Gasteiger partial charge is 0.452 e. The normalized spacial score (nSPS) is 16.9. The van der Waals surface area contributed by atoms with Gasteiger partial charge in [0.15, 0.2) is 6.10 Å². The third-order valence-electron chi connectivity index (χ3n) is 5.23. The quantitative estimate of drug-likeness (QED) is 0.671. The molecule has 30 heavy (non-hydrogen) atoms. The van der Waals surface area contributed by atoms with Crippen LogP contribution in [0.1, 0.15) is 38.7 Å². The number of benzene rings is 2. The summed E-state index contributed by atoms with van der Waals surface area (Å²) >= 11 is 0. The van der Waals surface area contributed by atoms with Crippen LogP contribution < -0.4 is 10.2 Å². The van der Waals surface area contributed by atoms with Crippen molar-refractivity contribution in [2.45, 2.75) is 45.6 Å². The van der Waals surface area contributed by atoms with Crippen molar-refractivity contribution >= 4 is 29.2 Å². The van der Waals surface area contributed by atoms with Crippen molar-refractivity contribution < 1.29 is 19.1 Å². The number of aryl methyl sites for hydroxylation is 1. The van der Waals surface area contributed by atoms with E-state index in [1.807, 2.05) is 30.3 Å². The number of esters is 1. The van der Waals surface area contributed by atoms with Crippen molar-refractivity contribution in [1.82, 2.24) is 0 Å². The Kier molecular flexibility index (Phi) is 7.22. The Morgan fingerprint density at radius 2 is 1.83 bits per heavy atom. The number of amides is 2. The monoisotopic (exact) mass is 408 g/mol. The smallest absolute Gasteiger partial charge is 0.312 e. The molecule has 3 rings (SSSR count). The van der Waals surface area contributed by atoms with E-state index in [0.29, 0.717) is 5.69 Å². The maximum atomic E-state index is 12.5. The fourth-order valence-electron chi connectivity index (χ4n) is 3.43. The average molecular weight is 408 g/mol. The number of nitrogens with zero attached hydrogens (tertiary/aromatic N) is 1. The van der Waals surface area contributed by atoms with Crippen LogP contribution >= 0.6 is 0 Å². The van der Waals surface area contributed by atoms with Gasteiger partial charge in [-0.25, -0.2) is 0 Å². The molecule has 0 radical (unpaired) electrons. The topological polar surface area (TPSA) is 75.7 Å². The number of para-hydroxylation sites is 1. The summed E-state index contributed by atoms with van der Waals surface area (Å²) in [6, 6.07) is 16.9. The van der Waals surface area contributed by atoms with Crippen molar-refractivity contribution in [1.29, 1.82) is 0 Å². The molecule has 0 bridgehead atoms. The lowest BCUT2D eigenvalue weighted by Crippen LogP contribution is -2.33. The summed E-state index contributed by atoms with van der Waals surface area (Å²) in [5.41, 5.74) is 2.65. The van der Waals surface area contributed by atoms with Gasteiger partial charge in [-0.15, -0.1) is 0 Å². The molecule has 6 heteroatoms. The van der Waals surface area contributed by atoms with Crippen LogP contribution in [-0.2, 0) is 25.5 Å². The van der Waals surface area contributed by atoms with Gasteiger partial charge in [-0.3, -0.25) is 14.4 Å². The van der Waals surface area contributed by atoms with E-state index in [1.165, 1.54) is 12.5 Å². The molecule has 0 saturated carbocycles. The molecule has 1 heterocycles. The third kappa shape index (κ3) is 5.47. The van der Waals surface area contributed by atoms with Crippen LogP contribution in [0, 0.1) is 5.92 Å². The van der Waals surface area contributed by atoms with Gasteiger partial charge in [0.05, 0.1) is 5.92 Å². The van der Waals surface area contributed by atoms with E-state index in [4.69, 9.17) is 4.74 Å². The highest BCUT2D eigenvalue weighted by molar-refractivity contribution is 6.00. The Morgan fingerprint density at radius 3 is 2.50 bits per heavy atom. The molecule has 1 aliphatic rings. The summed E-state index contributed by atoms with van der Waals surface area (Å²) in [5.74, 6) is -1.62. The van der Waals surface area contributed by atoms with Gasteiger partial charge < -0.3 is 15.0 Å². The number of hydrogen-bond donors (Lipinski definition) is 1. The molecule has 1 saturated heterocycles. The maximum Gasteiger partial charge on any atom is 0.312 e. The van der Waals surface area contributed by atoms with Crippen molar-refractivity contribution in [3.05, 3.63) is 60.2 Å². The Balaban J connectivity index is 1.54. The van der Waals surface area contributed by atoms with Gasteiger partial charge in [0.2, 0.25) is 5.91 Å². The molecule has 1 N–H and O–H groups in total. The van der Waals surface area contributed by atoms with E-state index in [0.717, 1.165) is 24.9 Å². The van der Waals surface area contributed by atoms with Gasteiger partial charge in [-0.2, -0.15) is 0 Å². The third-order valence-corrected chi connectivity index (χ3v) is 5.23. The predicted octanol–water partition coefficient (Wildman–Crippen LogP) is 3.95. The summed E-state index contributed by atoms with van der Waals surface area (Å²) in [6.45, 7) is 3.95. The molecule has 158 valence electrons. The molecule has 1 fully saturated rings. The molecule has 1 aliphatic heterocycles. The first-order valence-electron chi connectivity index (χ1n) is 10.4. The number of carbonyl (C=O) groups is 3. The molecule has 0 aliphatic carbocycles. The van der Waals surface area contributed by atoms with Crippen LogP contribution in [0.25, 0.3) is 0 Å². The van der Waals surface area contributed by atoms with Crippen LogP contribution in [0.3, 0.4) is 0 Å². The lowest BCUT2D eigenvalue weighted by atomic mass is 10.1. The summed E-state index contributed by atoms with van der Waals surface area (Å²) in [6.07, 6.45) is 2.43. The van der Waals surface area contributed by atoms with E-state index in [9.17, 15) is 14.4 Å². The van der Waals surface area contributed by atoms with E-state index in [-0.39, 0.29) is 18.9 Å². The molecule has 6 nitrogen and oxygen atoms in total. The van der Waals surface area contributed by atoms with Gasteiger partial charge >= 0.3 is 5.97 Å². The molecular formula is C24H28N2O4. The van der Waals surface area contributed by atoms with Crippen LogP contribution in [0.15, 0.2) is 54.6 Å². The minimum Gasteiger partial charge on any atom is -0.452 e. The molecule has 2 atom stereocenters. The Hall–Kier alpha value is -3.15.